The molecule has 0 radical (unpaired) electrons. The average molecular weight is 330 g/mol. The van der Waals surface area contributed by atoms with E-state index in [1.165, 1.54) is 16.8 Å². The molecule has 0 spiro atoms. The van der Waals surface area contributed by atoms with Crippen molar-refractivity contribution in [3.8, 4) is 0 Å². The van der Waals surface area contributed by atoms with E-state index in [1.807, 2.05) is 0 Å². The summed E-state index contributed by atoms with van der Waals surface area (Å²) in [4.78, 5) is 13.0. The molecule has 2 atom stereocenters. The molecule has 0 unspecified atom stereocenters. The standard InChI is InChI=1S/C17H19FN4O2/c18-9-1-4-14-13(7-9)11(5-6-20-14)17(24)22-16(19)12-3-2-10(23)8-15(12)21-22/h1,4,7,10-11,20,23H,2-3,5-6,8,19H2/t10-,11-/m0/s1. The summed E-state index contributed by atoms with van der Waals surface area (Å²) in [5.41, 5.74) is 9.08. The van der Waals surface area contributed by atoms with E-state index in [9.17, 15) is 14.3 Å². The summed E-state index contributed by atoms with van der Waals surface area (Å²) >= 11 is 0. The fourth-order valence-electron chi connectivity index (χ4n) is 3.64. The minimum absolute atomic E-state index is 0.246. The van der Waals surface area contributed by atoms with Crippen molar-refractivity contribution < 1.29 is 14.3 Å². The number of nitrogen functional groups attached to an aromatic ring is 1. The second-order valence-corrected chi connectivity index (χ2v) is 6.46. The predicted octanol–water partition coefficient (Wildman–Crippen LogP) is 1.69. The van der Waals surface area contributed by atoms with Gasteiger partial charge in [0, 0.05) is 24.2 Å². The van der Waals surface area contributed by atoms with Crippen LogP contribution in [-0.4, -0.2) is 33.4 Å². The van der Waals surface area contributed by atoms with Gasteiger partial charge in [-0.1, -0.05) is 0 Å². The Morgan fingerprint density at radius 3 is 3.08 bits per heavy atom. The Bertz CT molecular complexity index is 817. The number of halogens is 1. The zero-order valence-corrected chi connectivity index (χ0v) is 13.1. The lowest BCUT2D eigenvalue weighted by Gasteiger charge is -2.25. The largest absolute Gasteiger partial charge is 0.393 e. The number of nitrogens with one attached hydrogen (secondary N) is 1. The number of hydrogen-bond donors (Lipinski definition) is 3. The average Bonchev–Trinajstić information content (AvgIpc) is 2.89. The van der Waals surface area contributed by atoms with E-state index in [2.05, 4.69) is 10.4 Å². The second-order valence-electron chi connectivity index (χ2n) is 6.46. The van der Waals surface area contributed by atoms with Crippen molar-refractivity contribution in [1.29, 1.82) is 0 Å². The van der Waals surface area contributed by atoms with Crippen molar-refractivity contribution in [2.75, 3.05) is 17.6 Å². The van der Waals surface area contributed by atoms with Gasteiger partial charge in [0.25, 0.3) is 5.91 Å². The van der Waals surface area contributed by atoms with E-state index in [-0.39, 0.29) is 11.7 Å². The Kier molecular flexibility index (Phi) is 3.53. The molecular formula is C17H19FN4O2. The number of hydrogen-bond acceptors (Lipinski definition) is 5. The van der Waals surface area contributed by atoms with Gasteiger partial charge in [-0.3, -0.25) is 4.79 Å². The first-order chi connectivity index (χ1) is 11.5. The summed E-state index contributed by atoms with van der Waals surface area (Å²) in [6.45, 7) is 0.634. The number of carbonyl (C=O) groups excluding carboxylic acids is 1. The van der Waals surface area contributed by atoms with Gasteiger partial charge in [-0.2, -0.15) is 9.78 Å². The quantitative estimate of drug-likeness (QED) is 0.740. The number of carbonyl (C=O) groups is 1. The van der Waals surface area contributed by atoms with E-state index >= 15 is 0 Å². The van der Waals surface area contributed by atoms with Crippen LogP contribution in [0.25, 0.3) is 0 Å². The van der Waals surface area contributed by atoms with Crippen molar-refractivity contribution >= 4 is 17.4 Å². The molecule has 0 saturated carbocycles. The molecule has 4 N–H and O–H groups in total. The fraction of sp³-hybridized carbons (Fsp3) is 0.412. The highest BCUT2D eigenvalue weighted by atomic mass is 19.1. The van der Waals surface area contributed by atoms with Gasteiger partial charge in [-0.15, -0.1) is 0 Å². The molecule has 0 saturated heterocycles. The van der Waals surface area contributed by atoms with Gasteiger partial charge in [0.15, 0.2) is 0 Å². The van der Waals surface area contributed by atoms with Crippen LogP contribution in [-0.2, 0) is 12.8 Å². The number of rotatable bonds is 1. The molecule has 0 bridgehead atoms. The number of benzene rings is 1. The molecule has 0 fully saturated rings. The van der Waals surface area contributed by atoms with Gasteiger partial charge in [0.1, 0.15) is 11.6 Å². The maximum Gasteiger partial charge on any atom is 0.256 e. The second kappa shape index (κ2) is 5.59. The van der Waals surface area contributed by atoms with Crippen LogP contribution in [0.1, 0.15) is 40.4 Å². The molecule has 24 heavy (non-hydrogen) atoms. The molecule has 4 rings (SSSR count). The SMILES string of the molecule is Nc1c2c(nn1C(=O)[C@H]1CCNc3ccc(F)cc31)C[C@@H](O)CC2. The van der Waals surface area contributed by atoms with Crippen LogP contribution in [0.5, 0.6) is 0 Å². The zero-order valence-electron chi connectivity index (χ0n) is 13.1. The van der Waals surface area contributed by atoms with Gasteiger partial charge in [0.05, 0.1) is 17.7 Å². The first-order valence-corrected chi connectivity index (χ1v) is 8.16. The molecular weight excluding hydrogens is 311 g/mol. The highest BCUT2D eigenvalue weighted by molar-refractivity contribution is 5.90. The third kappa shape index (κ3) is 2.36. The first-order valence-electron chi connectivity index (χ1n) is 8.16. The highest BCUT2D eigenvalue weighted by Crippen LogP contribution is 2.35. The third-order valence-corrected chi connectivity index (χ3v) is 4.91. The Morgan fingerprint density at radius 1 is 1.42 bits per heavy atom. The lowest BCUT2D eigenvalue weighted by Crippen LogP contribution is -2.28. The van der Waals surface area contributed by atoms with Crippen molar-refractivity contribution in [2.24, 2.45) is 0 Å². The normalized spacial score (nSPS) is 22.4. The molecule has 126 valence electrons. The van der Waals surface area contributed by atoms with Crippen LogP contribution in [0.4, 0.5) is 15.9 Å². The molecule has 1 aliphatic carbocycles. The van der Waals surface area contributed by atoms with Gasteiger partial charge < -0.3 is 16.2 Å². The summed E-state index contributed by atoms with van der Waals surface area (Å²) in [5, 5.41) is 17.3. The Morgan fingerprint density at radius 2 is 2.25 bits per heavy atom. The number of nitrogens with zero attached hydrogens (tertiary/aromatic N) is 2. The van der Waals surface area contributed by atoms with E-state index in [0.717, 1.165) is 11.3 Å². The molecule has 2 aliphatic rings. The molecule has 1 aromatic heterocycles. The van der Waals surface area contributed by atoms with Crippen LogP contribution in [0.3, 0.4) is 0 Å². The van der Waals surface area contributed by atoms with E-state index in [4.69, 9.17) is 5.73 Å². The highest BCUT2D eigenvalue weighted by Gasteiger charge is 2.32. The number of anilines is 2. The van der Waals surface area contributed by atoms with E-state index in [0.29, 0.717) is 49.3 Å². The Labute approximate surface area is 138 Å². The zero-order chi connectivity index (χ0) is 16.8. The van der Waals surface area contributed by atoms with Gasteiger partial charge in [-0.05, 0) is 43.0 Å². The number of aliphatic hydroxyl groups excluding tert-OH is 1. The fourth-order valence-corrected chi connectivity index (χ4v) is 3.64. The number of nitrogens with two attached hydrogens (primary N) is 1. The number of aliphatic hydroxyl groups is 1. The topological polar surface area (TPSA) is 93.2 Å². The Balaban J connectivity index is 1.72. The van der Waals surface area contributed by atoms with Crippen molar-refractivity contribution in [3.05, 3.63) is 40.8 Å². The Hall–Kier alpha value is -2.41. The van der Waals surface area contributed by atoms with Crippen LogP contribution in [0.15, 0.2) is 18.2 Å². The molecule has 2 aromatic rings. The third-order valence-electron chi connectivity index (χ3n) is 4.91. The monoisotopic (exact) mass is 330 g/mol. The summed E-state index contributed by atoms with van der Waals surface area (Å²) < 4.78 is 14.9. The molecule has 1 aliphatic heterocycles. The lowest BCUT2D eigenvalue weighted by molar-refractivity contribution is 0.0858. The minimum Gasteiger partial charge on any atom is -0.393 e. The summed E-state index contributed by atoms with van der Waals surface area (Å²) in [6.07, 6.45) is 1.77. The van der Waals surface area contributed by atoms with Crippen LogP contribution in [0, 0.1) is 5.82 Å². The van der Waals surface area contributed by atoms with Crippen molar-refractivity contribution in [3.63, 3.8) is 0 Å². The first kappa shape index (κ1) is 15.1. The molecule has 0 amide bonds. The maximum atomic E-state index is 13.6. The predicted molar refractivity (Wildman–Crippen MR) is 87.5 cm³/mol. The van der Waals surface area contributed by atoms with Crippen molar-refractivity contribution in [2.45, 2.75) is 37.7 Å². The van der Waals surface area contributed by atoms with Crippen LogP contribution in [0.2, 0.25) is 0 Å². The smallest absolute Gasteiger partial charge is 0.256 e. The number of aromatic nitrogens is 2. The minimum atomic E-state index is -0.481. The molecule has 6 nitrogen and oxygen atoms in total. The van der Waals surface area contributed by atoms with E-state index in [1.54, 1.807) is 6.07 Å². The molecule has 1 aromatic carbocycles. The lowest BCUT2D eigenvalue weighted by atomic mass is 9.90. The summed E-state index contributed by atoms with van der Waals surface area (Å²) in [7, 11) is 0. The summed E-state index contributed by atoms with van der Waals surface area (Å²) in [5.74, 6) is -0.750. The summed E-state index contributed by atoms with van der Waals surface area (Å²) in [6, 6.07) is 4.42. The van der Waals surface area contributed by atoms with Gasteiger partial charge >= 0.3 is 0 Å². The van der Waals surface area contributed by atoms with Crippen molar-refractivity contribution in [1.82, 2.24) is 9.78 Å². The van der Waals surface area contributed by atoms with E-state index < -0.39 is 12.0 Å². The van der Waals surface area contributed by atoms with Crippen LogP contribution < -0.4 is 11.1 Å². The molecule has 2 heterocycles. The molecule has 7 heteroatoms. The van der Waals surface area contributed by atoms with Crippen LogP contribution >= 0.6 is 0 Å². The van der Waals surface area contributed by atoms with Gasteiger partial charge in [0.2, 0.25) is 0 Å². The maximum absolute atomic E-state index is 13.6. The number of fused-ring (bicyclic) bond motifs is 2. The van der Waals surface area contributed by atoms with Gasteiger partial charge in [-0.25, -0.2) is 4.39 Å².